The molecule has 0 aromatic heterocycles. The van der Waals surface area contributed by atoms with Crippen molar-refractivity contribution in [2.75, 3.05) is 19.6 Å². The molecule has 3 nitrogen and oxygen atoms in total. The van der Waals surface area contributed by atoms with Crippen molar-refractivity contribution in [3.05, 3.63) is 35.1 Å². The van der Waals surface area contributed by atoms with Crippen molar-refractivity contribution in [3.8, 4) is 0 Å². The molecule has 1 aromatic carbocycles. The van der Waals surface area contributed by atoms with Crippen molar-refractivity contribution in [2.24, 2.45) is 0 Å². The Labute approximate surface area is 120 Å². The predicted molar refractivity (Wildman–Crippen MR) is 77.0 cm³/mol. The van der Waals surface area contributed by atoms with E-state index in [0.29, 0.717) is 30.6 Å². The zero-order chi connectivity index (χ0) is 14.8. The first-order valence-corrected chi connectivity index (χ1v) is 7.26. The van der Waals surface area contributed by atoms with Gasteiger partial charge in [0.25, 0.3) is 0 Å². The standard InChI is InChI=1S/C16H24FNO2/c1-12-4-5-13(10-14(12)17)15(19)6-9-18-8-3-7-16(2,20)11-18/h4-5,10,15,19-20H,3,6-9,11H2,1-2H3. The van der Waals surface area contributed by atoms with E-state index < -0.39 is 11.7 Å². The number of rotatable bonds is 4. The Hall–Kier alpha value is -0.970. The number of halogens is 1. The molecule has 1 heterocycles. The maximum atomic E-state index is 13.5. The number of nitrogens with zero attached hydrogens (tertiary/aromatic N) is 1. The van der Waals surface area contributed by atoms with Crippen LogP contribution in [0.4, 0.5) is 4.39 Å². The molecule has 0 spiro atoms. The third-order valence-corrected chi connectivity index (χ3v) is 4.05. The molecule has 0 aliphatic carbocycles. The summed E-state index contributed by atoms with van der Waals surface area (Å²) in [6, 6.07) is 4.88. The minimum absolute atomic E-state index is 0.276. The lowest BCUT2D eigenvalue weighted by Crippen LogP contribution is -2.46. The summed E-state index contributed by atoms with van der Waals surface area (Å²) < 4.78 is 13.5. The van der Waals surface area contributed by atoms with Crippen LogP contribution in [0.2, 0.25) is 0 Å². The third-order valence-electron chi connectivity index (χ3n) is 4.05. The van der Waals surface area contributed by atoms with Gasteiger partial charge in [-0.05, 0) is 56.8 Å². The Morgan fingerprint density at radius 3 is 2.85 bits per heavy atom. The van der Waals surface area contributed by atoms with Gasteiger partial charge in [0.2, 0.25) is 0 Å². The van der Waals surface area contributed by atoms with Crippen LogP contribution in [0.3, 0.4) is 0 Å². The number of β-amino-alcohol motifs (C(OH)–C–C–N with tert-alkyl or cyclic N) is 1. The molecule has 20 heavy (non-hydrogen) atoms. The second-order valence-electron chi connectivity index (χ2n) is 6.19. The second-order valence-corrected chi connectivity index (χ2v) is 6.19. The van der Waals surface area contributed by atoms with Gasteiger partial charge >= 0.3 is 0 Å². The highest BCUT2D eigenvalue weighted by Gasteiger charge is 2.28. The Morgan fingerprint density at radius 1 is 1.45 bits per heavy atom. The molecule has 4 heteroatoms. The van der Waals surface area contributed by atoms with Crippen molar-refractivity contribution in [2.45, 2.75) is 44.8 Å². The highest BCUT2D eigenvalue weighted by molar-refractivity contribution is 5.24. The first-order chi connectivity index (χ1) is 9.37. The van der Waals surface area contributed by atoms with E-state index in [2.05, 4.69) is 4.90 Å². The zero-order valence-electron chi connectivity index (χ0n) is 12.3. The van der Waals surface area contributed by atoms with E-state index in [9.17, 15) is 14.6 Å². The minimum atomic E-state index is -0.656. The van der Waals surface area contributed by atoms with E-state index in [1.54, 1.807) is 19.1 Å². The maximum Gasteiger partial charge on any atom is 0.126 e. The molecule has 1 aliphatic heterocycles. The van der Waals surface area contributed by atoms with E-state index in [1.165, 1.54) is 6.07 Å². The van der Waals surface area contributed by atoms with Crippen molar-refractivity contribution in [1.82, 2.24) is 4.90 Å². The summed E-state index contributed by atoms with van der Waals surface area (Å²) >= 11 is 0. The van der Waals surface area contributed by atoms with Crippen LogP contribution in [0, 0.1) is 12.7 Å². The van der Waals surface area contributed by atoms with Gasteiger partial charge in [-0.15, -0.1) is 0 Å². The van der Waals surface area contributed by atoms with Gasteiger partial charge in [-0.25, -0.2) is 4.39 Å². The number of aliphatic hydroxyl groups is 2. The molecule has 112 valence electrons. The van der Waals surface area contributed by atoms with E-state index in [4.69, 9.17) is 0 Å². The molecule has 2 unspecified atom stereocenters. The normalized spacial score (nSPS) is 25.6. The Balaban J connectivity index is 1.88. The number of aliphatic hydroxyl groups excluding tert-OH is 1. The number of aryl methyl sites for hydroxylation is 1. The summed E-state index contributed by atoms with van der Waals surface area (Å²) in [7, 11) is 0. The van der Waals surface area contributed by atoms with Crippen LogP contribution in [0.1, 0.15) is 43.4 Å². The molecule has 1 aromatic rings. The molecule has 1 saturated heterocycles. The molecule has 2 atom stereocenters. The van der Waals surface area contributed by atoms with Gasteiger partial charge in [-0.3, -0.25) is 0 Å². The minimum Gasteiger partial charge on any atom is -0.389 e. The van der Waals surface area contributed by atoms with E-state index in [-0.39, 0.29) is 5.82 Å². The molecule has 1 aliphatic rings. The third kappa shape index (κ3) is 4.01. The van der Waals surface area contributed by atoms with E-state index >= 15 is 0 Å². The van der Waals surface area contributed by atoms with Crippen LogP contribution < -0.4 is 0 Å². The largest absolute Gasteiger partial charge is 0.389 e. The molecular weight excluding hydrogens is 257 g/mol. The molecule has 2 rings (SSSR count). The smallest absolute Gasteiger partial charge is 0.126 e. The topological polar surface area (TPSA) is 43.7 Å². The highest BCUT2D eigenvalue weighted by Crippen LogP contribution is 2.23. The van der Waals surface area contributed by atoms with Gasteiger partial charge in [-0.1, -0.05) is 12.1 Å². The Morgan fingerprint density at radius 2 is 2.20 bits per heavy atom. The van der Waals surface area contributed by atoms with Crippen LogP contribution in [0.15, 0.2) is 18.2 Å². The van der Waals surface area contributed by atoms with E-state index in [0.717, 1.165) is 19.4 Å². The van der Waals surface area contributed by atoms with Crippen molar-refractivity contribution >= 4 is 0 Å². The molecule has 0 bridgehead atoms. The summed E-state index contributed by atoms with van der Waals surface area (Å²) in [4.78, 5) is 2.16. The van der Waals surface area contributed by atoms with Crippen molar-refractivity contribution in [1.29, 1.82) is 0 Å². The number of benzene rings is 1. The highest BCUT2D eigenvalue weighted by atomic mass is 19.1. The van der Waals surface area contributed by atoms with Crippen LogP contribution in [-0.4, -0.2) is 40.3 Å². The van der Waals surface area contributed by atoms with Crippen LogP contribution in [0.25, 0.3) is 0 Å². The number of likely N-dealkylation sites (tertiary alicyclic amines) is 1. The monoisotopic (exact) mass is 281 g/mol. The number of piperidine rings is 1. The average molecular weight is 281 g/mol. The van der Waals surface area contributed by atoms with Crippen LogP contribution >= 0.6 is 0 Å². The SMILES string of the molecule is Cc1ccc(C(O)CCN2CCCC(C)(O)C2)cc1F. The van der Waals surface area contributed by atoms with Crippen molar-refractivity contribution in [3.63, 3.8) is 0 Å². The summed E-state index contributed by atoms with van der Waals surface area (Å²) in [5, 5.41) is 20.2. The lowest BCUT2D eigenvalue weighted by atomic mass is 9.94. The second kappa shape index (κ2) is 6.20. The van der Waals surface area contributed by atoms with Gasteiger partial charge in [0.1, 0.15) is 5.82 Å². The Kier molecular flexibility index (Phi) is 4.78. The summed E-state index contributed by atoms with van der Waals surface area (Å²) in [6.07, 6.45) is 1.70. The Bertz CT molecular complexity index is 462. The molecule has 0 saturated carbocycles. The molecule has 0 amide bonds. The van der Waals surface area contributed by atoms with Gasteiger partial charge in [0.15, 0.2) is 0 Å². The van der Waals surface area contributed by atoms with E-state index in [1.807, 2.05) is 6.92 Å². The quantitative estimate of drug-likeness (QED) is 0.890. The fraction of sp³-hybridized carbons (Fsp3) is 0.625. The molecule has 0 radical (unpaired) electrons. The van der Waals surface area contributed by atoms with Crippen molar-refractivity contribution < 1.29 is 14.6 Å². The molecule has 1 fully saturated rings. The van der Waals surface area contributed by atoms with Gasteiger partial charge in [0.05, 0.1) is 11.7 Å². The summed E-state index contributed by atoms with van der Waals surface area (Å²) in [5.41, 5.74) is 0.587. The first-order valence-electron chi connectivity index (χ1n) is 7.26. The van der Waals surface area contributed by atoms with Gasteiger partial charge in [-0.2, -0.15) is 0 Å². The average Bonchev–Trinajstić information content (AvgIpc) is 2.38. The summed E-state index contributed by atoms with van der Waals surface area (Å²) in [5.74, 6) is -0.276. The van der Waals surface area contributed by atoms with Crippen LogP contribution in [0.5, 0.6) is 0 Å². The predicted octanol–water partition coefficient (Wildman–Crippen LogP) is 2.40. The van der Waals surface area contributed by atoms with Gasteiger partial charge in [0, 0.05) is 13.1 Å². The lowest BCUT2D eigenvalue weighted by Gasteiger charge is -2.37. The zero-order valence-corrected chi connectivity index (χ0v) is 12.3. The fourth-order valence-corrected chi connectivity index (χ4v) is 2.80. The van der Waals surface area contributed by atoms with Gasteiger partial charge < -0.3 is 15.1 Å². The number of hydrogen-bond donors (Lipinski definition) is 2. The maximum absolute atomic E-state index is 13.5. The summed E-state index contributed by atoms with van der Waals surface area (Å²) in [6.45, 7) is 5.87. The fourth-order valence-electron chi connectivity index (χ4n) is 2.80. The number of hydrogen-bond acceptors (Lipinski definition) is 3. The van der Waals surface area contributed by atoms with Crippen LogP contribution in [-0.2, 0) is 0 Å². The molecular formula is C16H24FNO2. The first kappa shape index (κ1) is 15.4. The lowest BCUT2D eigenvalue weighted by molar-refractivity contribution is -0.0191. The molecule has 2 N–H and O–H groups in total.